The molecule has 1 aromatic heterocycles. The molecule has 22 heavy (non-hydrogen) atoms. The van der Waals surface area contributed by atoms with Crippen LogP contribution in [0.3, 0.4) is 0 Å². The summed E-state index contributed by atoms with van der Waals surface area (Å²) < 4.78 is 22.7. The second kappa shape index (κ2) is 7.73. The lowest BCUT2D eigenvalue weighted by Gasteiger charge is -2.16. The smallest absolute Gasteiger partial charge is 0.293 e. The second-order valence-corrected chi connectivity index (χ2v) is 7.54. The van der Waals surface area contributed by atoms with Gasteiger partial charge in [-0.15, -0.1) is 10.2 Å². The van der Waals surface area contributed by atoms with Gasteiger partial charge in [-0.3, -0.25) is 14.1 Å². The SMILES string of the molecule is CCOP(=O)(Nc1nnc(-c2ccc(Cl)cc2Cl)s1)OCC. The van der Waals surface area contributed by atoms with E-state index in [-0.39, 0.29) is 13.2 Å². The molecule has 1 heterocycles. The summed E-state index contributed by atoms with van der Waals surface area (Å²) in [7, 11) is -3.44. The standard InChI is InChI=1S/C12H14Cl2N3O3PS/c1-3-19-21(18,20-4-2)17-12-16-15-11(22-12)9-6-5-8(13)7-10(9)14/h5-7H,3-4H2,1-2H3,(H,16,17,18). The molecule has 0 unspecified atom stereocenters. The van der Waals surface area contributed by atoms with Gasteiger partial charge in [-0.25, -0.2) is 4.57 Å². The fourth-order valence-corrected chi connectivity index (χ4v) is 4.47. The normalized spacial score (nSPS) is 11.6. The van der Waals surface area contributed by atoms with Gasteiger partial charge in [-0.05, 0) is 32.0 Å². The van der Waals surface area contributed by atoms with Crippen molar-refractivity contribution in [2.45, 2.75) is 13.8 Å². The highest BCUT2D eigenvalue weighted by atomic mass is 35.5. The lowest BCUT2D eigenvalue weighted by molar-refractivity contribution is 0.225. The Morgan fingerprint density at radius 1 is 1.23 bits per heavy atom. The molecule has 2 rings (SSSR count). The zero-order valence-corrected chi connectivity index (χ0v) is 15.1. The predicted molar refractivity (Wildman–Crippen MR) is 89.8 cm³/mol. The molecular formula is C12H14Cl2N3O3PS. The molecule has 0 saturated heterocycles. The zero-order chi connectivity index (χ0) is 16.2. The first-order valence-corrected chi connectivity index (χ1v) is 9.55. The molecule has 120 valence electrons. The van der Waals surface area contributed by atoms with Crippen molar-refractivity contribution in [2.75, 3.05) is 18.3 Å². The van der Waals surface area contributed by atoms with Crippen LogP contribution in [0, 0.1) is 0 Å². The van der Waals surface area contributed by atoms with Gasteiger partial charge in [-0.2, -0.15) is 0 Å². The molecule has 0 saturated carbocycles. The third kappa shape index (κ3) is 4.41. The lowest BCUT2D eigenvalue weighted by atomic mass is 10.2. The van der Waals surface area contributed by atoms with Crippen molar-refractivity contribution < 1.29 is 13.6 Å². The molecule has 0 atom stereocenters. The van der Waals surface area contributed by atoms with Crippen molar-refractivity contribution in [2.24, 2.45) is 0 Å². The number of hydrogen-bond acceptors (Lipinski definition) is 6. The first-order valence-electron chi connectivity index (χ1n) is 6.43. The van der Waals surface area contributed by atoms with E-state index < -0.39 is 7.75 Å². The Kier molecular flexibility index (Phi) is 6.20. The van der Waals surface area contributed by atoms with Crippen LogP contribution < -0.4 is 5.09 Å². The van der Waals surface area contributed by atoms with E-state index in [1.54, 1.807) is 32.0 Å². The molecule has 0 amide bonds. The minimum Gasteiger partial charge on any atom is -0.293 e. The Labute approximate surface area is 142 Å². The van der Waals surface area contributed by atoms with Gasteiger partial charge in [0.1, 0.15) is 0 Å². The predicted octanol–water partition coefficient (Wildman–Crippen LogP) is 5.10. The molecule has 0 spiro atoms. The molecule has 6 nitrogen and oxygen atoms in total. The van der Waals surface area contributed by atoms with Gasteiger partial charge in [0.05, 0.1) is 18.2 Å². The summed E-state index contributed by atoms with van der Waals surface area (Å²) in [5.41, 5.74) is 0.694. The Morgan fingerprint density at radius 3 is 2.50 bits per heavy atom. The third-order valence-electron chi connectivity index (χ3n) is 2.42. The zero-order valence-electron chi connectivity index (χ0n) is 11.9. The van der Waals surface area contributed by atoms with Crippen molar-refractivity contribution in [1.82, 2.24) is 10.2 Å². The number of aromatic nitrogens is 2. The van der Waals surface area contributed by atoms with E-state index in [0.717, 1.165) is 0 Å². The van der Waals surface area contributed by atoms with E-state index in [9.17, 15) is 4.57 Å². The average molecular weight is 382 g/mol. The number of anilines is 1. The Balaban J connectivity index is 2.22. The Hall–Kier alpha value is -0.690. The van der Waals surface area contributed by atoms with Crippen LogP contribution in [0.4, 0.5) is 5.13 Å². The summed E-state index contributed by atoms with van der Waals surface area (Å²) in [6, 6.07) is 5.08. The molecule has 1 N–H and O–H groups in total. The van der Waals surface area contributed by atoms with Crippen LogP contribution in [-0.4, -0.2) is 23.4 Å². The summed E-state index contributed by atoms with van der Waals surface area (Å²) in [5.74, 6) is 0. The number of nitrogens with zero attached hydrogens (tertiary/aromatic N) is 2. The summed E-state index contributed by atoms with van der Waals surface area (Å²) in [6.07, 6.45) is 0. The number of halogens is 2. The Bertz CT molecular complexity index is 688. The highest BCUT2D eigenvalue weighted by Crippen LogP contribution is 2.48. The summed E-state index contributed by atoms with van der Waals surface area (Å²) >= 11 is 13.2. The van der Waals surface area contributed by atoms with Gasteiger partial charge >= 0.3 is 7.75 Å². The number of nitrogens with one attached hydrogen (secondary N) is 1. The molecule has 10 heteroatoms. The molecule has 0 fully saturated rings. The first kappa shape index (κ1) is 17.7. The first-order chi connectivity index (χ1) is 10.5. The molecule has 0 aliphatic rings. The van der Waals surface area contributed by atoms with E-state index in [2.05, 4.69) is 15.3 Å². The number of hydrogen-bond donors (Lipinski definition) is 1. The van der Waals surface area contributed by atoms with Gasteiger partial charge in [0, 0.05) is 10.6 Å². The highest BCUT2D eigenvalue weighted by molar-refractivity contribution is 7.56. The minimum atomic E-state index is -3.44. The van der Waals surface area contributed by atoms with Gasteiger partial charge in [0.15, 0.2) is 5.01 Å². The minimum absolute atomic E-state index is 0.249. The molecule has 0 aliphatic heterocycles. The van der Waals surface area contributed by atoms with Gasteiger partial charge < -0.3 is 0 Å². The fraction of sp³-hybridized carbons (Fsp3) is 0.333. The largest absolute Gasteiger partial charge is 0.434 e. The summed E-state index contributed by atoms with van der Waals surface area (Å²) in [6.45, 7) is 3.95. The second-order valence-electron chi connectivity index (χ2n) is 3.98. The number of rotatable bonds is 7. The van der Waals surface area contributed by atoms with Crippen LogP contribution in [-0.2, 0) is 13.6 Å². The van der Waals surface area contributed by atoms with E-state index in [0.29, 0.717) is 25.7 Å². The maximum Gasteiger partial charge on any atom is 0.434 e. The third-order valence-corrected chi connectivity index (χ3v) is 5.67. The average Bonchev–Trinajstić information content (AvgIpc) is 2.86. The van der Waals surface area contributed by atoms with Crippen LogP contribution in [0.1, 0.15) is 13.8 Å². The van der Waals surface area contributed by atoms with Crippen molar-refractivity contribution in [3.05, 3.63) is 28.2 Å². The van der Waals surface area contributed by atoms with E-state index in [1.165, 1.54) is 11.3 Å². The number of benzene rings is 1. The summed E-state index contributed by atoms with van der Waals surface area (Å²) in [5, 5.41) is 12.5. The summed E-state index contributed by atoms with van der Waals surface area (Å²) in [4.78, 5) is 0. The van der Waals surface area contributed by atoms with Crippen LogP contribution in [0.2, 0.25) is 10.0 Å². The van der Waals surface area contributed by atoms with E-state index in [1.807, 2.05) is 0 Å². The van der Waals surface area contributed by atoms with Gasteiger partial charge in [-0.1, -0.05) is 34.5 Å². The maximum atomic E-state index is 12.4. The maximum absolute atomic E-state index is 12.4. The van der Waals surface area contributed by atoms with Crippen LogP contribution in [0.5, 0.6) is 0 Å². The van der Waals surface area contributed by atoms with Crippen molar-refractivity contribution >= 4 is 47.4 Å². The highest BCUT2D eigenvalue weighted by Gasteiger charge is 2.25. The molecule has 0 aliphatic carbocycles. The van der Waals surface area contributed by atoms with Gasteiger partial charge in [0.2, 0.25) is 5.13 Å². The molecule has 0 bridgehead atoms. The molecule has 2 aromatic rings. The van der Waals surface area contributed by atoms with E-state index in [4.69, 9.17) is 32.2 Å². The quantitative estimate of drug-likeness (QED) is 0.672. The lowest BCUT2D eigenvalue weighted by Crippen LogP contribution is -2.04. The molecule has 1 aromatic carbocycles. The van der Waals surface area contributed by atoms with Crippen molar-refractivity contribution in [3.63, 3.8) is 0 Å². The monoisotopic (exact) mass is 381 g/mol. The van der Waals surface area contributed by atoms with Gasteiger partial charge in [0.25, 0.3) is 0 Å². The van der Waals surface area contributed by atoms with Crippen LogP contribution in [0.15, 0.2) is 18.2 Å². The van der Waals surface area contributed by atoms with Crippen molar-refractivity contribution in [1.29, 1.82) is 0 Å². The fourth-order valence-electron chi connectivity index (χ4n) is 1.60. The topological polar surface area (TPSA) is 73.3 Å². The van der Waals surface area contributed by atoms with Crippen LogP contribution >= 0.6 is 42.3 Å². The molecule has 0 radical (unpaired) electrons. The van der Waals surface area contributed by atoms with Crippen LogP contribution in [0.25, 0.3) is 10.6 Å². The van der Waals surface area contributed by atoms with E-state index >= 15 is 0 Å². The molecular weight excluding hydrogens is 368 g/mol. The van der Waals surface area contributed by atoms with Crippen molar-refractivity contribution in [3.8, 4) is 10.6 Å². The Morgan fingerprint density at radius 2 is 1.91 bits per heavy atom.